The van der Waals surface area contributed by atoms with E-state index < -0.39 is 10.8 Å². The number of amides is 1. The number of nitro benzene ring substituents is 1. The van der Waals surface area contributed by atoms with Crippen LogP contribution in [-0.2, 0) is 4.79 Å². The van der Waals surface area contributed by atoms with Gasteiger partial charge in [-0.15, -0.1) is 0 Å². The normalized spacial score (nSPS) is 10.9. The molecule has 3 aromatic rings. The summed E-state index contributed by atoms with van der Waals surface area (Å²) in [5.74, 6) is 1.76. The van der Waals surface area contributed by atoms with Crippen LogP contribution in [0.2, 0.25) is 0 Å². The van der Waals surface area contributed by atoms with E-state index in [2.05, 4.69) is 5.32 Å². The van der Waals surface area contributed by atoms with E-state index in [1.165, 1.54) is 59.8 Å². The van der Waals surface area contributed by atoms with Crippen LogP contribution in [0.3, 0.4) is 0 Å². The fourth-order valence-electron chi connectivity index (χ4n) is 3.67. The molecule has 3 rings (SSSR count). The van der Waals surface area contributed by atoms with Gasteiger partial charge in [-0.25, -0.2) is 0 Å². The van der Waals surface area contributed by atoms with Crippen molar-refractivity contribution in [2.24, 2.45) is 0 Å². The molecule has 0 aliphatic heterocycles. The van der Waals surface area contributed by atoms with E-state index in [-0.39, 0.29) is 5.69 Å². The Morgan fingerprint density at radius 3 is 2.00 bits per heavy atom. The number of nitrogens with zero attached hydrogens (tertiary/aromatic N) is 1. The number of methoxy groups -OCH3 is 5. The van der Waals surface area contributed by atoms with Crippen LogP contribution >= 0.6 is 0 Å². The van der Waals surface area contributed by atoms with E-state index in [1.807, 2.05) is 6.08 Å². The lowest BCUT2D eigenvalue weighted by atomic mass is 10.1. The van der Waals surface area contributed by atoms with E-state index in [0.29, 0.717) is 45.6 Å². The fourth-order valence-corrected chi connectivity index (χ4v) is 3.67. The van der Waals surface area contributed by atoms with Gasteiger partial charge < -0.3 is 29.0 Å². The molecule has 10 nitrogen and oxygen atoms in total. The topological polar surface area (TPSA) is 118 Å². The van der Waals surface area contributed by atoms with E-state index in [0.717, 1.165) is 5.56 Å². The van der Waals surface area contributed by atoms with Gasteiger partial charge in [0.25, 0.3) is 5.69 Å². The van der Waals surface area contributed by atoms with E-state index in [1.54, 1.807) is 42.5 Å². The number of non-ortho nitro benzene ring substituents is 1. The van der Waals surface area contributed by atoms with Crippen LogP contribution in [0.1, 0.15) is 16.7 Å². The molecule has 0 saturated heterocycles. The number of anilines is 1. The van der Waals surface area contributed by atoms with Crippen molar-refractivity contribution in [1.29, 1.82) is 0 Å². The summed E-state index contributed by atoms with van der Waals surface area (Å²) < 4.78 is 27.2. The van der Waals surface area contributed by atoms with Gasteiger partial charge in [0.05, 0.1) is 46.2 Å². The average Bonchev–Trinajstić information content (AvgIpc) is 2.94. The van der Waals surface area contributed by atoms with Crippen molar-refractivity contribution in [3.8, 4) is 28.7 Å². The number of nitrogens with one attached hydrogen (secondary N) is 1. The summed E-state index contributed by atoms with van der Waals surface area (Å²) in [6.07, 6.45) is 6.38. The molecule has 0 aromatic heterocycles. The molecule has 0 unspecified atom stereocenters. The molecule has 1 amide bonds. The number of hydrogen-bond donors (Lipinski definition) is 1. The Hall–Kier alpha value is -4.99. The third-order valence-corrected chi connectivity index (χ3v) is 5.48. The first-order valence-electron chi connectivity index (χ1n) is 11.3. The number of carbonyl (C=O) groups excluding carboxylic acids is 1. The summed E-state index contributed by atoms with van der Waals surface area (Å²) in [5, 5.41) is 13.8. The van der Waals surface area contributed by atoms with Crippen LogP contribution in [0.25, 0.3) is 18.2 Å². The molecule has 0 saturated carbocycles. The first-order chi connectivity index (χ1) is 18.3. The SMILES string of the molecule is COc1cc(/C=C/c2ccc(OC)c(OC)c2NC(=O)/C=C/c2cccc([N+](=O)[O-])c2)cc(OC)c1OC. The molecule has 1 N–H and O–H groups in total. The minimum absolute atomic E-state index is 0.0683. The standard InChI is InChI=1S/C28H28N2O8/c1-34-22-13-12-20(11-9-19-16-23(35-2)27(37-4)24(17-19)36-3)26(28(22)38-5)29-25(31)14-10-18-7-6-8-21(15-18)30(32)33/h6-17H,1-5H3,(H,29,31)/b11-9+,14-10+. The highest BCUT2D eigenvalue weighted by atomic mass is 16.6. The van der Waals surface area contributed by atoms with Crippen molar-refractivity contribution in [3.05, 3.63) is 81.4 Å². The molecular weight excluding hydrogens is 492 g/mol. The molecule has 0 aliphatic rings. The van der Waals surface area contributed by atoms with Crippen molar-refractivity contribution < 1.29 is 33.4 Å². The predicted molar refractivity (Wildman–Crippen MR) is 145 cm³/mol. The van der Waals surface area contributed by atoms with E-state index in [9.17, 15) is 14.9 Å². The monoisotopic (exact) mass is 520 g/mol. The highest BCUT2D eigenvalue weighted by molar-refractivity contribution is 6.04. The van der Waals surface area contributed by atoms with Gasteiger partial charge in [-0.3, -0.25) is 14.9 Å². The van der Waals surface area contributed by atoms with Crippen molar-refractivity contribution in [1.82, 2.24) is 0 Å². The van der Waals surface area contributed by atoms with Gasteiger partial charge in [0.1, 0.15) is 0 Å². The maximum absolute atomic E-state index is 12.8. The lowest BCUT2D eigenvalue weighted by Gasteiger charge is -2.16. The molecule has 0 heterocycles. The molecule has 38 heavy (non-hydrogen) atoms. The Bertz CT molecular complexity index is 1360. The van der Waals surface area contributed by atoms with Gasteiger partial charge in [0.2, 0.25) is 11.7 Å². The molecule has 0 atom stereocenters. The van der Waals surface area contributed by atoms with Crippen LogP contribution in [0.15, 0.2) is 54.6 Å². The minimum atomic E-state index is -0.495. The maximum Gasteiger partial charge on any atom is 0.270 e. The Labute approximate surface area is 220 Å². The van der Waals surface area contributed by atoms with Crippen LogP contribution < -0.4 is 29.0 Å². The highest BCUT2D eigenvalue weighted by Crippen LogP contribution is 2.41. The molecule has 0 bridgehead atoms. The maximum atomic E-state index is 12.8. The van der Waals surface area contributed by atoms with E-state index in [4.69, 9.17) is 23.7 Å². The first-order valence-corrected chi connectivity index (χ1v) is 11.3. The Morgan fingerprint density at radius 2 is 1.42 bits per heavy atom. The number of benzene rings is 3. The van der Waals surface area contributed by atoms with Gasteiger partial charge in [0, 0.05) is 23.8 Å². The Kier molecular flexibility index (Phi) is 9.31. The molecule has 10 heteroatoms. The Balaban J connectivity index is 1.96. The second kappa shape index (κ2) is 12.8. The van der Waals surface area contributed by atoms with Gasteiger partial charge in [-0.05, 0) is 41.5 Å². The summed E-state index contributed by atoms with van der Waals surface area (Å²) in [4.78, 5) is 23.4. The predicted octanol–water partition coefficient (Wildman–Crippen LogP) is 5.46. The molecule has 3 aromatic carbocycles. The number of nitro groups is 1. The van der Waals surface area contributed by atoms with E-state index >= 15 is 0 Å². The van der Waals surface area contributed by atoms with Crippen LogP contribution in [0, 0.1) is 10.1 Å². The number of hydrogen-bond acceptors (Lipinski definition) is 8. The van der Waals surface area contributed by atoms with Gasteiger partial charge >= 0.3 is 0 Å². The summed E-state index contributed by atoms with van der Waals surface area (Å²) in [7, 11) is 7.57. The van der Waals surface area contributed by atoms with Crippen LogP contribution in [-0.4, -0.2) is 46.4 Å². The average molecular weight is 521 g/mol. The molecule has 0 spiro atoms. The molecular formula is C28H28N2O8. The summed E-state index contributed by atoms with van der Waals surface area (Å²) >= 11 is 0. The highest BCUT2D eigenvalue weighted by Gasteiger charge is 2.16. The first kappa shape index (κ1) is 27.6. The summed E-state index contributed by atoms with van der Waals surface area (Å²) in [6.45, 7) is 0. The number of ether oxygens (including phenoxy) is 5. The lowest BCUT2D eigenvalue weighted by Crippen LogP contribution is -2.11. The quantitative estimate of drug-likeness (QED) is 0.153. The minimum Gasteiger partial charge on any atom is -0.493 e. The molecule has 0 fully saturated rings. The van der Waals surface area contributed by atoms with Crippen molar-refractivity contribution in [3.63, 3.8) is 0 Å². The second-order valence-corrected chi connectivity index (χ2v) is 7.73. The third-order valence-electron chi connectivity index (χ3n) is 5.48. The van der Waals surface area contributed by atoms with Crippen LogP contribution in [0.5, 0.6) is 28.7 Å². The van der Waals surface area contributed by atoms with Crippen LogP contribution in [0.4, 0.5) is 11.4 Å². The van der Waals surface area contributed by atoms with Crippen molar-refractivity contribution in [2.45, 2.75) is 0 Å². The third kappa shape index (κ3) is 6.41. The van der Waals surface area contributed by atoms with Gasteiger partial charge in [-0.2, -0.15) is 0 Å². The molecule has 0 radical (unpaired) electrons. The fraction of sp³-hybridized carbons (Fsp3) is 0.179. The Morgan fingerprint density at radius 1 is 0.763 bits per heavy atom. The largest absolute Gasteiger partial charge is 0.493 e. The van der Waals surface area contributed by atoms with Crippen molar-refractivity contribution in [2.75, 3.05) is 40.9 Å². The zero-order valence-electron chi connectivity index (χ0n) is 21.6. The summed E-state index contributed by atoms with van der Waals surface area (Å²) in [5.41, 5.74) is 2.21. The zero-order chi connectivity index (χ0) is 27.7. The van der Waals surface area contributed by atoms with Crippen molar-refractivity contribution >= 4 is 35.5 Å². The van der Waals surface area contributed by atoms with Gasteiger partial charge in [0.15, 0.2) is 23.0 Å². The lowest BCUT2D eigenvalue weighted by molar-refractivity contribution is -0.384. The number of carbonyl (C=O) groups is 1. The summed E-state index contributed by atoms with van der Waals surface area (Å²) in [6, 6.07) is 13.0. The second-order valence-electron chi connectivity index (χ2n) is 7.73. The van der Waals surface area contributed by atoms with Gasteiger partial charge in [-0.1, -0.05) is 24.3 Å². The zero-order valence-corrected chi connectivity index (χ0v) is 21.6. The number of rotatable bonds is 11. The smallest absolute Gasteiger partial charge is 0.270 e. The molecule has 198 valence electrons. The molecule has 0 aliphatic carbocycles.